The third kappa shape index (κ3) is 8.49. The maximum atomic E-state index is 11.8. The van der Waals surface area contributed by atoms with Crippen molar-refractivity contribution in [3.63, 3.8) is 0 Å². The molecule has 0 rings (SSSR count). The van der Waals surface area contributed by atoms with Gasteiger partial charge in [-0.05, 0) is 11.8 Å². The minimum absolute atomic E-state index is 0.0207. The summed E-state index contributed by atoms with van der Waals surface area (Å²) < 4.78 is 9.57. The summed E-state index contributed by atoms with van der Waals surface area (Å²) in [5.74, 6) is -1.31. The zero-order chi connectivity index (χ0) is 17.3. The van der Waals surface area contributed by atoms with Gasteiger partial charge in [-0.3, -0.25) is 9.59 Å². The summed E-state index contributed by atoms with van der Waals surface area (Å²) in [6.45, 7) is 8.61. The molecule has 0 saturated carbocycles. The molecule has 0 aliphatic heterocycles. The van der Waals surface area contributed by atoms with Gasteiger partial charge < -0.3 is 19.9 Å². The SMILES string of the molecule is CCC[C@@H](C)[C@@H](C)[C@@H](CC(=O)O)NC(=O)O[C@@H](C)OC(C)=O. The van der Waals surface area contributed by atoms with Crippen molar-refractivity contribution < 1.29 is 29.0 Å². The van der Waals surface area contributed by atoms with Crippen LogP contribution in [-0.4, -0.2) is 35.5 Å². The van der Waals surface area contributed by atoms with Gasteiger partial charge in [0.15, 0.2) is 0 Å². The van der Waals surface area contributed by atoms with Crippen LogP contribution in [0.25, 0.3) is 0 Å². The summed E-state index contributed by atoms with van der Waals surface area (Å²) in [6, 6.07) is -0.545. The van der Waals surface area contributed by atoms with Gasteiger partial charge in [0.1, 0.15) is 0 Å². The Labute approximate surface area is 131 Å². The second kappa shape index (κ2) is 10.0. The lowest BCUT2D eigenvalue weighted by Gasteiger charge is -2.28. The fourth-order valence-corrected chi connectivity index (χ4v) is 2.27. The van der Waals surface area contributed by atoms with Crippen molar-refractivity contribution in [2.75, 3.05) is 0 Å². The minimum Gasteiger partial charge on any atom is -0.481 e. The molecule has 22 heavy (non-hydrogen) atoms. The normalized spacial score (nSPS) is 16.0. The third-order valence-electron chi connectivity index (χ3n) is 3.58. The van der Waals surface area contributed by atoms with Crippen molar-refractivity contribution in [3.05, 3.63) is 0 Å². The molecule has 7 nitrogen and oxygen atoms in total. The summed E-state index contributed by atoms with van der Waals surface area (Å²) in [6.07, 6.45) is -0.0782. The van der Waals surface area contributed by atoms with Gasteiger partial charge in [0.05, 0.1) is 6.42 Å². The maximum Gasteiger partial charge on any atom is 0.410 e. The predicted molar refractivity (Wildman–Crippen MR) is 80.1 cm³/mol. The molecule has 0 fully saturated rings. The van der Waals surface area contributed by atoms with E-state index >= 15 is 0 Å². The number of carboxylic acids is 1. The van der Waals surface area contributed by atoms with Gasteiger partial charge in [0, 0.05) is 19.9 Å². The molecule has 0 bridgehead atoms. The van der Waals surface area contributed by atoms with E-state index in [1.165, 1.54) is 13.8 Å². The largest absolute Gasteiger partial charge is 0.481 e. The predicted octanol–water partition coefficient (Wildman–Crippen LogP) is 2.54. The molecule has 1 amide bonds. The summed E-state index contributed by atoms with van der Waals surface area (Å²) in [4.78, 5) is 33.5. The maximum absolute atomic E-state index is 11.8. The van der Waals surface area contributed by atoms with E-state index in [1.807, 2.05) is 13.8 Å². The van der Waals surface area contributed by atoms with Gasteiger partial charge in [0.2, 0.25) is 6.29 Å². The highest BCUT2D eigenvalue weighted by atomic mass is 16.7. The molecule has 2 N–H and O–H groups in total. The van der Waals surface area contributed by atoms with E-state index in [-0.39, 0.29) is 18.3 Å². The van der Waals surface area contributed by atoms with Crippen LogP contribution in [0, 0.1) is 11.8 Å². The van der Waals surface area contributed by atoms with Crippen molar-refractivity contribution in [2.45, 2.75) is 66.2 Å². The molecular weight excluding hydrogens is 290 g/mol. The van der Waals surface area contributed by atoms with E-state index in [0.717, 1.165) is 12.8 Å². The number of alkyl carbamates (subject to hydrolysis) is 1. The molecule has 0 aromatic carbocycles. The van der Waals surface area contributed by atoms with Crippen LogP contribution in [0.15, 0.2) is 0 Å². The number of nitrogens with one attached hydrogen (secondary N) is 1. The monoisotopic (exact) mass is 317 g/mol. The van der Waals surface area contributed by atoms with Crippen LogP contribution in [0.4, 0.5) is 4.79 Å². The molecule has 0 aliphatic rings. The molecule has 128 valence electrons. The Balaban J connectivity index is 4.66. The average Bonchev–Trinajstić information content (AvgIpc) is 2.35. The lowest BCUT2D eigenvalue weighted by Crippen LogP contribution is -2.44. The third-order valence-corrected chi connectivity index (χ3v) is 3.58. The van der Waals surface area contributed by atoms with Crippen LogP contribution in [-0.2, 0) is 19.1 Å². The summed E-state index contributed by atoms with van der Waals surface area (Å²) in [5, 5.41) is 11.6. The van der Waals surface area contributed by atoms with Gasteiger partial charge in [-0.2, -0.15) is 0 Å². The number of esters is 1. The number of aliphatic carboxylic acids is 1. The number of hydrogen-bond acceptors (Lipinski definition) is 5. The first-order valence-electron chi connectivity index (χ1n) is 7.53. The fraction of sp³-hybridized carbons (Fsp3) is 0.800. The Morgan fingerprint density at radius 1 is 1.14 bits per heavy atom. The number of ether oxygens (including phenoxy) is 2. The molecule has 0 aliphatic carbocycles. The van der Waals surface area contributed by atoms with E-state index in [1.54, 1.807) is 0 Å². The minimum atomic E-state index is -1.02. The molecular formula is C15H27NO6. The first-order valence-corrected chi connectivity index (χ1v) is 7.53. The number of hydrogen-bond donors (Lipinski definition) is 2. The number of amides is 1. The second-order valence-corrected chi connectivity index (χ2v) is 5.56. The molecule has 7 heteroatoms. The highest BCUT2D eigenvalue weighted by Gasteiger charge is 2.27. The van der Waals surface area contributed by atoms with Crippen molar-refractivity contribution in [3.8, 4) is 0 Å². The number of carbonyl (C=O) groups excluding carboxylic acids is 2. The number of rotatable bonds is 9. The van der Waals surface area contributed by atoms with E-state index in [0.29, 0.717) is 0 Å². The van der Waals surface area contributed by atoms with Crippen LogP contribution in [0.2, 0.25) is 0 Å². The fourth-order valence-electron chi connectivity index (χ4n) is 2.27. The van der Waals surface area contributed by atoms with Gasteiger partial charge in [-0.15, -0.1) is 0 Å². The van der Waals surface area contributed by atoms with Crippen LogP contribution >= 0.6 is 0 Å². The zero-order valence-electron chi connectivity index (χ0n) is 13.9. The van der Waals surface area contributed by atoms with Crippen LogP contribution < -0.4 is 5.32 Å². The molecule has 0 spiro atoms. The van der Waals surface area contributed by atoms with Gasteiger partial charge in [-0.1, -0.05) is 33.6 Å². The Morgan fingerprint density at radius 2 is 1.73 bits per heavy atom. The lowest BCUT2D eigenvalue weighted by molar-refractivity contribution is -0.162. The van der Waals surface area contributed by atoms with Gasteiger partial charge >= 0.3 is 18.0 Å². The molecule has 0 aromatic heterocycles. The Morgan fingerprint density at radius 3 is 2.18 bits per heavy atom. The van der Waals surface area contributed by atoms with E-state index < -0.39 is 30.4 Å². The van der Waals surface area contributed by atoms with Gasteiger partial charge in [0.25, 0.3) is 0 Å². The van der Waals surface area contributed by atoms with Crippen molar-refractivity contribution in [2.24, 2.45) is 11.8 Å². The highest BCUT2D eigenvalue weighted by Crippen LogP contribution is 2.22. The lowest BCUT2D eigenvalue weighted by atomic mass is 9.84. The van der Waals surface area contributed by atoms with Gasteiger partial charge in [-0.25, -0.2) is 4.79 Å². The van der Waals surface area contributed by atoms with Crippen LogP contribution in [0.5, 0.6) is 0 Å². The molecule has 4 atom stereocenters. The number of carbonyl (C=O) groups is 3. The summed E-state index contributed by atoms with van der Waals surface area (Å²) in [5.41, 5.74) is 0. The summed E-state index contributed by atoms with van der Waals surface area (Å²) >= 11 is 0. The topological polar surface area (TPSA) is 102 Å². The van der Waals surface area contributed by atoms with Crippen molar-refractivity contribution in [1.29, 1.82) is 0 Å². The molecule has 0 aromatic rings. The molecule has 0 saturated heterocycles. The quantitative estimate of drug-likeness (QED) is 0.500. The smallest absolute Gasteiger partial charge is 0.410 e. The van der Waals surface area contributed by atoms with Crippen LogP contribution in [0.3, 0.4) is 0 Å². The molecule has 0 unspecified atom stereocenters. The molecule has 0 radical (unpaired) electrons. The first-order chi connectivity index (χ1) is 10.2. The van der Waals surface area contributed by atoms with Crippen molar-refractivity contribution in [1.82, 2.24) is 5.32 Å². The van der Waals surface area contributed by atoms with Crippen LogP contribution in [0.1, 0.15) is 53.9 Å². The van der Waals surface area contributed by atoms with Crippen molar-refractivity contribution >= 4 is 18.0 Å². The number of carboxylic acid groups (broad SMARTS) is 1. The Hall–Kier alpha value is -1.79. The molecule has 0 heterocycles. The van der Waals surface area contributed by atoms with E-state index in [2.05, 4.69) is 12.2 Å². The standard InChI is InChI=1S/C15H27NO6/c1-6-7-9(2)10(3)13(8-14(18)19)16-15(20)22-12(5)21-11(4)17/h9-10,12-13H,6-8H2,1-5H3,(H,16,20)(H,18,19)/t9-,10-,12+,13-/m1/s1. The highest BCUT2D eigenvalue weighted by molar-refractivity contribution is 5.71. The summed E-state index contributed by atoms with van der Waals surface area (Å²) in [7, 11) is 0. The van der Waals surface area contributed by atoms with E-state index in [4.69, 9.17) is 14.6 Å². The Kier molecular flexibility index (Phi) is 9.21. The average molecular weight is 317 g/mol. The second-order valence-electron chi connectivity index (χ2n) is 5.56. The Bertz CT molecular complexity index is 384. The zero-order valence-corrected chi connectivity index (χ0v) is 13.9. The van der Waals surface area contributed by atoms with E-state index in [9.17, 15) is 14.4 Å². The first kappa shape index (κ1) is 20.2.